The Labute approximate surface area is 145 Å². The first kappa shape index (κ1) is 16.8. The molecule has 3 aromatic rings. The first-order valence-electron chi connectivity index (χ1n) is 8.08. The van der Waals surface area contributed by atoms with E-state index in [1.807, 2.05) is 32.9 Å². The van der Waals surface area contributed by atoms with Gasteiger partial charge in [-0.3, -0.25) is 4.79 Å². The molecule has 2 aromatic carbocycles. The second-order valence-electron chi connectivity index (χ2n) is 5.76. The Kier molecular flexibility index (Phi) is 4.57. The normalized spacial score (nSPS) is 10.7. The number of carbonyl (C=O) groups excluding carboxylic acids is 1. The highest BCUT2D eigenvalue weighted by Gasteiger charge is 2.16. The van der Waals surface area contributed by atoms with Crippen molar-refractivity contribution in [1.29, 1.82) is 0 Å². The van der Waals surface area contributed by atoms with Gasteiger partial charge in [0.1, 0.15) is 5.56 Å². The fourth-order valence-electron chi connectivity index (χ4n) is 2.62. The molecule has 0 aliphatic carbocycles. The fraction of sp³-hybridized carbons (Fsp3) is 0.200. The van der Waals surface area contributed by atoms with Gasteiger partial charge in [0.15, 0.2) is 11.3 Å². The molecule has 0 bridgehead atoms. The van der Waals surface area contributed by atoms with E-state index >= 15 is 0 Å². The molecule has 0 spiro atoms. The van der Waals surface area contributed by atoms with E-state index in [4.69, 9.17) is 9.15 Å². The lowest BCUT2D eigenvalue weighted by Crippen LogP contribution is -2.21. The molecular formula is C20H19NO4. The predicted molar refractivity (Wildman–Crippen MR) is 97.5 cm³/mol. The van der Waals surface area contributed by atoms with Crippen LogP contribution in [0.3, 0.4) is 0 Å². The first-order chi connectivity index (χ1) is 12.0. The molecule has 0 aliphatic heterocycles. The molecular weight excluding hydrogens is 318 g/mol. The molecule has 3 rings (SSSR count). The Morgan fingerprint density at radius 2 is 1.92 bits per heavy atom. The van der Waals surface area contributed by atoms with Crippen LogP contribution in [0, 0.1) is 13.8 Å². The minimum absolute atomic E-state index is 0.0398. The zero-order chi connectivity index (χ0) is 18.0. The van der Waals surface area contributed by atoms with E-state index in [9.17, 15) is 9.59 Å². The van der Waals surface area contributed by atoms with Gasteiger partial charge in [-0.2, -0.15) is 0 Å². The zero-order valence-corrected chi connectivity index (χ0v) is 14.4. The van der Waals surface area contributed by atoms with Crippen molar-refractivity contribution in [3.8, 4) is 5.75 Å². The summed E-state index contributed by atoms with van der Waals surface area (Å²) in [5.41, 5.74) is 2.30. The third kappa shape index (κ3) is 3.26. The van der Waals surface area contributed by atoms with Gasteiger partial charge in [-0.25, -0.2) is 4.79 Å². The molecule has 128 valence electrons. The number of para-hydroxylation sites is 1. The number of nitrogens with one attached hydrogen (secondary N) is 1. The molecule has 1 heterocycles. The second kappa shape index (κ2) is 6.81. The third-order valence-electron chi connectivity index (χ3n) is 4.12. The highest BCUT2D eigenvalue weighted by molar-refractivity contribution is 6.06. The molecule has 1 amide bonds. The monoisotopic (exact) mass is 337 g/mol. The fourth-order valence-corrected chi connectivity index (χ4v) is 2.62. The summed E-state index contributed by atoms with van der Waals surface area (Å²) in [7, 11) is 0. The van der Waals surface area contributed by atoms with E-state index in [1.165, 1.54) is 6.07 Å². The van der Waals surface area contributed by atoms with Gasteiger partial charge >= 0.3 is 5.63 Å². The Bertz CT molecular complexity index is 1000. The van der Waals surface area contributed by atoms with Crippen molar-refractivity contribution in [2.45, 2.75) is 20.8 Å². The summed E-state index contributed by atoms with van der Waals surface area (Å²) in [5.74, 6) is -0.00949. The molecule has 0 saturated carbocycles. The van der Waals surface area contributed by atoms with Crippen molar-refractivity contribution in [3.63, 3.8) is 0 Å². The van der Waals surface area contributed by atoms with E-state index in [2.05, 4.69) is 5.32 Å². The van der Waals surface area contributed by atoms with Crippen LogP contribution in [0.4, 0.5) is 5.69 Å². The van der Waals surface area contributed by atoms with Crippen LogP contribution in [0.25, 0.3) is 11.0 Å². The number of hydrogen-bond acceptors (Lipinski definition) is 4. The molecule has 25 heavy (non-hydrogen) atoms. The third-order valence-corrected chi connectivity index (χ3v) is 4.12. The van der Waals surface area contributed by atoms with E-state index in [1.54, 1.807) is 24.3 Å². The highest BCUT2D eigenvalue weighted by atomic mass is 16.5. The number of fused-ring (bicyclic) bond motifs is 1. The first-order valence-corrected chi connectivity index (χ1v) is 8.08. The molecule has 5 heteroatoms. The van der Waals surface area contributed by atoms with Crippen molar-refractivity contribution in [2.75, 3.05) is 11.9 Å². The van der Waals surface area contributed by atoms with Gasteiger partial charge in [-0.15, -0.1) is 0 Å². The minimum Gasteiger partial charge on any atom is -0.490 e. The minimum atomic E-state index is -0.692. The topological polar surface area (TPSA) is 68.5 Å². The summed E-state index contributed by atoms with van der Waals surface area (Å²) in [6.45, 7) is 6.19. The summed E-state index contributed by atoms with van der Waals surface area (Å²) >= 11 is 0. The molecule has 0 fully saturated rings. The number of hydrogen-bond donors (Lipinski definition) is 1. The van der Waals surface area contributed by atoms with Crippen molar-refractivity contribution in [1.82, 2.24) is 0 Å². The lowest BCUT2D eigenvalue weighted by Gasteiger charge is -2.10. The molecule has 1 aromatic heterocycles. The van der Waals surface area contributed by atoms with Crippen LogP contribution in [-0.4, -0.2) is 12.5 Å². The Hall–Kier alpha value is -3.08. The standard InChI is InChI=1S/C20H19NO4/c1-4-24-17-10-6-8-14-11-15(20(23)25-18(14)17)19(22)21-16-9-5-7-12(2)13(16)3/h5-11H,4H2,1-3H3,(H,21,22). The lowest BCUT2D eigenvalue weighted by atomic mass is 10.1. The van der Waals surface area contributed by atoms with Gasteiger partial charge < -0.3 is 14.5 Å². The Balaban J connectivity index is 2.01. The van der Waals surface area contributed by atoms with Gasteiger partial charge in [0, 0.05) is 11.1 Å². The second-order valence-corrected chi connectivity index (χ2v) is 5.76. The number of aryl methyl sites for hydroxylation is 1. The summed E-state index contributed by atoms with van der Waals surface area (Å²) in [6, 6.07) is 12.4. The number of amides is 1. The van der Waals surface area contributed by atoms with Crippen molar-refractivity contribution in [2.24, 2.45) is 0 Å². The van der Waals surface area contributed by atoms with E-state index in [-0.39, 0.29) is 5.56 Å². The van der Waals surface area contributed by atoms with Crippen LogP contribution in [0.2, 0.25) is 0 Å². The summed E-state index contributed by atoms with van der Waals surface area (Å²) in [6.07, 6.45) is 0. The maximum Gasteiger partial charge on any atom is 0.349 e. The summed E-state index contributed by atoms with van der Waals surface area (Å²) in [5, 5.41) is 3.42. The molecule has 0 radical (unpaired) electrons. The van der Waals surface area contributed by atoms with Crippen LogP contribution in [0.1, 0.15) is 28.4 Å². The Morgan fingerprint density at radius 3 is 2.68 bits per heavy atom. The predicted octanol–water partition coefficient (Wildman–Crippen LogP) is 4.06. The van der Waals surface area contributed by atoms with Crippen LogP contribution >= 0.6 is 0 Å². The zero-order valence-electron chi connectivity index (χ0n) is 14.4. The van der Waals surface area contributed by atoms with E-state index in [0.717, 1.165) is 11.1 Å². The number of benzene rings is 2. The summed E-state index contributed by atoms with van der Waals surface area (Å²) in [4.78, 5) is 24.8. The number of carbonyl (C=O) groups is 1. The quantitative estimate of drug-likeness (QED) is 0.729. The molecule has 0 atom stereocenters. The van der Waals surface area contributed by atoms with Gasteiger partial charge in [0.25, 0.3) is 5.91 Å². The van der Waals surface area contributed by atoms with Crippen LogP contribution in [0.15, 0.2) is 51.7 Å². The maximum absolute atomic E-state index is 12.6. The number of anilines is 1. The van der Waals surface area contributed by atoms with E-state index < -0.39 is 11.5 Å². The number of rotatable bonds is 4. The average molecular weight is 337 g/mol. The van der Waals surface area contributed by atoms with Crippen molar-refractivity contribution >= 4 is 22.6 Å². The van der Waals surface area contributed by atoms with Gasteiger partial charge in [-0.1, -0.05) is 24.3 Å². The molecule has 0 saturated heterocycles. The Morgan fingerprint density at radius 1 is 1.16 bits per heavy atom. The van der Waals surface area contributed by atoms with E-state index in [0.29, 0.717) is 29.0 Å². The van der Waals surface area contributed by atoms with Gasteiger partial charge in [0.2, 0.25) is 0 Å². The summed E-state index contributed by atoms with van der Waals surface area (Å²) < 4.78 is 10.8. The van der Waals surface area contributed by atoms with Crippen molar-refractivity contribution < 1.29 is 13.9 Å². The van der Waals surface area contributed by atoms with Crippen molar-refractivity contribution in [3.05, 3.63) is 69.6 Å². The molecule has 5 nitrogen and oxygen atoms in total. The SMILES string of the molecule is CCOc1cccc2cc(C(=O)Nc3cccc(C)c3C)c(=O)oc12. The molecule has 0 unspecified atom stereocenters. The van der Waals surface area contributed by atoms with Gasteiger partial charge in [0.05, 0.1) is 6.61 Å². The average Bonchev–Trinajstić information content (AvgIpc) is 2.59. The smallest absolute Gasteiger partial charge is 0.349 e. The number of ether oxygens (including phenoxy) is 1. The molecule has 1 N–H and O–H groups in total. The maximum atomic E-state index is 12.6. The highest BCUT2D eigenvalue weighted by Crippen LogP contribution is 2.25. The van der Waals surface area contributed by atoms with Crippen LogP contribution < -0.4 is 15.7 Å². The lowest BCUT2D eigenvalue weighted by molar-refractivity contribution is 0.102. The van der Waals surface area contributed by atoms with Crippen LogP contribution in [0.5, 0.6) is 5.75 Å². The largest absolute Gasteiger partial charge is 0.490 e. The van der Waals surface area contributed by atoms with Crippen LogP contribution in [-0.2, 0) is 0 Å². The van der Waals surface area contributed by atoms with Gasteiger partial charge in [-0.05, 0) is 50.1 Å². The molecule has 0 aliphatic rings.